The lowest BCUT2D eigenvalue weighted by Gasteiger charge is -2.27. The van der Waals surface area contributed by atoms with Crippen LogP contribution in [0.15, 0.2) is 12.2 Å². The lowest BCUT2D eigenvalue weighted by Crippen LogP contribution is -2.31. The molecule has 3 heterocycles. The van der Waals surface area contributed by atoms with Gasteiger partial charge in [0.05, 0.1) is 24.9 Å². The van der Waals surface area contributed by atoms with Crippen molar-refractivity contribution in [1.29, 1.82) is 0 Å². The highest BCUT2D eigenvalue weighted by Crippen LogP contribution is 2.52. The number of fused-ring (bicyclic) bond motifs is 3. The van der Waals surface area contributed by atoms with Crippen LogP contribution in [0, 0.1) is 11.3 Å². The molecule has 1 saturated carbocycles. The molecule has 0 N–H and O–H groups in total. The zero-order valence-electron chi connectivity index (χ0n) is 9.73. The zero-order valence-corrected chi connectivity index (χ0v) is 9.73. The highest BCUT2D eigenvalue weighted by atomic mass is 16.5. The molecule has 1 aliphatic carbocycles. The van der Waals surface area contributed by atoms with Gasteiger partial charge in [0.15, 0.2) is 0 Å². The van der Waals surface area contributed by atoms with Crippen molar-refractivity contribution in [3.8, 4) is 0 Å². The third kappa shape index (κ3) is 1.26. The quantitative estimate of drug-likeness (QED) is 0.632. The Morgan fingerprint density at radius 3 is 2.62 bits per heavy atom. The van der Waals surface area contributed by atoms with Gasteiger partial charge in [0.25, 0.3) is 0 Å². The summed E-state index contributed by atoms with van der Waals surface area (Å²) in [6.45, 7) is 0.944. The van der Waals surface area contributed by atoms with E-state index >= 15 is 0 Å². The summed E-state index contributed by atoms with van der Waals surface area (Å²) in [5.41, 5.74) is 0.354. The van der Waals surface area contributed by atoms with Crippen LogP contribution in [0.5, 0.6) is 0 Å². The molecule has 88 valence electrons. The number of hydrogen-bond acceptors (Lipinski definition) is 2. The fourth-order valence-corrected chi connectivity index (χ4v) is 4.25. The summed E-state index contributed by atoms with van der Waals surface area (Å²) in [7, 11) is 0. The first-order chi connectivity index (χ1) is 7.86. The van der Waals surface area contributed by atoms with Gasteiger partial charge in [-0.1, -0.05) is 25.0 Å². The van der Waals surface area contributed by atoms with Gasteiger partial charge in [-0.3, -0.25) is 0 Å². The van der Waals surface area contributed by atoms with Crippen molar-refractivity contribution in [3.05, 3.63) is 12.2 Å². The standard InChI is InChI=1S/C14H20O2/c1-2-4-10(3-1)12-8-14(9-15-12)7-11-5-6-13(14)16-11/h5-6,10-13H,1-4,7-9H2. The maximum atomic E-state index is 6.11. The molecule has 1 spiro atoms. The molecule has 0 aromatic heterocycles. The van der Waals surface area contributed by atoms with E-state index in [-0.39, 0.29) is 0 Å². The van der Waals surface area contributed by atoms with Crippen LogP contribution >= 0.6 is 0 Å². The molecule has 2 saturated heterocycles. The van der Waals surface area contributed by atoms with Gasteiger partial charge in [0, 0.05) is 5.41 Å². The molecule has 16 heavy (non-hydrogen) atoms. The van der Waals surface area contributed by atoms with E-state index in [0.717, 1.165) is 12.5 Å². The fraction of sp³-hybridized carbons (Fsp3) is 0.857. The molecule has 4 atom stereocenters. The Labute approximate surface area is 97.0 Å². The average Bonchev–Trinajstić information content (AvgIpc) is 2.99. The Bertz CT molecular complexity index is 319. The van der Waals surface area contributed by atoms with Crippen LogP contribution in [0.2, 0.25) is 0 Å². The maximum Gasteiger partial charge on any atom is 0.0845 e. The second-order valence-corrected chi connectivity index (χ2v) is 6.14. The lowest BCUT2D eigenvalue weighted by atomic mass is 9.74. The second kappa shape index (κ2) is 3.33. The Morgan fingerprint density at radius 1 is 1.06 bits per heavy atom. The van der Waals surface area contributed by atoms with E-state index in [2.05, 4.69) is 12.2 Å². The van der Waals surface area contributed by atoms with Crippen molar-refractivity contribution < 1.29 is 9.47 Å². The lowest BCUT2D eigenvalue weighted by molar-refractivity contribution is 0.0453. The molecular weight excluding hydrogens is 200 g/mol. The highest BCUT2D eigenvalue weighted by molar-refractivity contribution is 5.18. The van der Waals surface area contributed by atoms with Gasteiger partial charge in [0.1, 0.15) is 0 Å². The summed E-state index contributed by atoms with van der Waals surface area (Å²) >= 11 is 0. The monoisotopic (exact) mass is 220 g/mol. The number of ether oxygens (including phenoxy) is 2. The second-order valence-electron chi connectivity index (χ2n) is 6.14. The van der Waals surface area contributed by atoms with E-state index < -0.39 is 0 Å². The SMILES string of the molecule is C1=CC2OC1CC21COC(C2CCCC2)C1. The van der Waals surface area contributed by atoms with Crippen LogP contribution < -0.4 is 0 Å². The van der Waals surface area contributed by atoms with Crippen molar-refractivity contribution >= 4 is 0 Å². The predicted molar refractivity (Wildman–Crippen MR) is 61.2 cm³/mol. The maximum absolute atomic E-state index is 6.11. The van der Waals surface area contributed by atoms with Crippen molar-refractivity contribution in [3.63, 3.8) is 0 Å². The fourth-order valence-electron chi connectivity index (χ4n) is 4.25. The van der Waals surface area contributed by atoms with Crippen LogP contribution in [0.25, 0.3) is 0 Å². The van der Waals surface area contributed by atoms with Crippen molar-refractivity contribution in [2.45, 2.75) is 56.8 Å². The van der Waals surface area contributed by atoms with Gasteiger partial charge in [-0.25, -0.2) is 0 Å². The highest BCUT2D eigenvalue weighted by Gasteiger charge is 2.55. The average molecular weight is 220 g/mol. The molecule has 0 radical (unpaired) electrons. The Balaban J connectivity index is 1.51. The van der Waals surface area contributed by atoms with E-state index in [0.29, 0.717) is 23.7 Å². The van der Waals surface area contributed by atoms with Gasteiger partial charge in [-0.05, 0) is 31.6 Å². The largest absolute Gasteiger partial charge is 0.377 e. The summed E-state index contributed by atoms with van der Waals surface area (Å²) in [6.07, 6.45) is 13.9. The molecule has 2 nitrogen and oxygen atoms in total. The van der Waals surface area contributed by atoms with Gasteiger partial charge in [-0.15, -0.1) is 0 Å². The van der Waals surface area contributed by atoms with E-state index in [9.17, 15) is 0 Å². The smallest absolute Gasteiger partial charge is 0.0845 e. The molecule has 4 rings (SSSR count). The topological polar surface area (TPSA) is 18.5 Å². The first-order valence-corrected chi connectivity index (χ1v) is 6.81. The van der Waals surface area contributed by atoms with Gasteiger partial charge in [-0.2, -0.15) is 0 Å². The minimum absolute atomic E-state index is 0.354. The van der Waals surface area contributed by atoms with Crippen LogP contribution in [0.4, 0.5) is 0 Å². The Hall–Kier alpha value is -0.340. The summed E-state index contributed by atoms with van der Waals surface area (Å²) in [6, 6.07) is 0. The molecule has 0 aromatic rings. The number of rotatable bonds is 1. The first kappa shape index (κ1) is 9.67. The molecule has 0 amide bonds. The van der Waals surface area contributed by atoms with Crippen molar-refractivity contribution in [1.82, 2.24) is 0 Å². The summed E-state index contributed by atoms with van der Waals surface area (Å²) in [5, 5.41) is 0. The van der Waals surface area contributed by atoms with E-state index in [4.69, 9.17) is 9.47 Å². The summed E-state index contributed by atoms with van der Waals surface area (Å²) < 4.78 is 12.0. The van der Waals surface area contributed by atoms with Gasteiger partial charge < -0.3 is 9.47 Å². The van der Waals surface area contributed by atoms with Gasteiger partial charge in [0.2, 0.25) is 0 Å². The van der Waals surface area contributed by atoms with E-state index in [1.165, 1.54) is 38.5 Å². The van der Waals surface area contributed by atoms with Crippen LogP contribution in [-0.2, 0) is 9.47 Å². The summed E-state index contributed by atoms with van der Waals surface area (Å²) in [4.78, 5) is 0. The number of hydrogen-bond donors (Lipinski definition) is 0. The Kier molecular flexibility index (Phi) is 2.01. The third-order valence-corrected chi connectivity index (χ3v) is 5.15. The molecular formula is C14H20O2. The summed E-state index contributed by atoms with van der Waals surface area (Å²) in [5.74, 6) is 0.850. The van der Waals surface area contributed by atoms with E-state index in [1.807, 2.05) is 0 Å². The minimum atomic E-state index is 0.354. The zero-order chi connectivity index (χ0) is 10.6. The molecule has 3 aliphatic heterocycles. The van der Waals surface area contributed by atoms with Crippen molar-refractivity contribution in [2.24, 2.45) is 11.3 Å². The molecule has 2 heteroatoms. The molecule has 4 aliphatic rings. The minimum Gasteiger partial charge on any atom is -0.377 e. The third-order valence-electron chi connectivity index (χ3n) is 5.15. The molecule has 2 bridgehead atoms. The van der Waals surface area contributed by atoms with Crippen LogP contribution in [0.3, 0.4) is 0 Å². The van der Waals surface area contributed by atoms with Gasteiger partial charge >= 0.3 is 0 Å². The first-order valence-electron chi connectivity index (χ1n) is 6.81. The van der Waals surface area contributed by atoms with Crippen molar-refractivity contribution in [2.75, 3.05) is 6.61 Å². The molecule has 4 unspecified atom stereocenters. The van der Waals surface area contributed by atoms with E-state index in [1.54, 1.807) is 0 Å². The normalized spacial score (nSPS) is 51.1. The molecule has 0 aromatic carbocycles. The molecule has 3 fully saturated rings. The van der Waals surface area contributed by atoms with Crippen LogP contribution in [0.1, 0.15) is 38.5 Å². The van der Waals surface area contributed by atoms with Crippen LogP contribution in [-0.4, -0.2) is 24.9 Å². The Morgan fingerprint density at radius 2 is 1.94 bits per heavy atom. The predicted octanol–water partition coefficient (Wildman–Crippen LogP) is 2.68.